The van der Waals surface area contributed by atoms with E-state index in [1.807, 2.05) is 32.9 Å². The molecule has 1 aliphatic heterocycles. The van der Waals surface area contributed by atoms with E-state index >= 15 is 0 Å². The summed E-state index contributed by atoms with van der Waals surface area (Å²) in [5, 5.41) is 6.12. The number of aryl methyl sites for hydroxylation is 1. The molecule has 1 atom stereocenters. The van der Waals surface area contributed by atoms with E-state index < -0.39 is 5.41 Å². The number of pyridine rings is 1. The average molecular weight is 401 g/mol. The fraction of sp³-hybridized carbons (Fsp3) is 0.524. The quantitative estimate of drug-likeness (QED) is 0.755. The minimum atomic E-state index is -0.458. The van der Waals surface area contributed by atoms with Gasteiger partial charge in [0.1, 0.15) is 6.04 Å². The monoisotopic (exact) mass is 400 g/mol. The van der Waals surface area contributed by atoms with Crippen molar-refractivity contribution >= 4 is 23.2 Å². The summed E-state index contributed by atoms with van der Waals surface area (Å²) in [6, 6.07) is 3.57. The van der Waals surface area contributed by atoms with Crippen LogP contribution in [0.4, 0.5) is 0 Å². The standard InChI is InChI=1S/C21H28N4O2S/c1-21(2,3)20(27)25-13-5-6-17(25)19(26)23-10-4-7-18-24-16(14-28-18)15-8-11-22-12-9-15/h8-9,11-12,14,17H,4-7,10,13H2,1-3H3,(H,23,26). The minimum absolute atomic E-state index is 0.0355. The number of hydrogen-bond acceptors (Lipinski definition) is 5. The number of nitrogens with one attached hydrogen (secondary N) is 1. The number of thiazole rings is 1. The number of hydrogen-bond donors (Lipinski definition) is 1. The highest BCUT2D eigenvalue weighted by Gasteiger charge is 2.38. The van der Waals surface area contributed by atoms with Crippen molar-refractivity contribution < 1.29 is 9.59 Å². The van der Waals surface area contributed by atoms with E-state index in [-0.39, 0.29) is 17.9 Å². The van der Waals surface area contributed by atoms with Crippen LogP contribution in [-0.4, -0.2) is 45.8 Å². The molecule has 3 heterocycles. The minimum Gasteiger partial charge on any atom is -0.354 e. The molecule has 1 fully saturated rings. The van der Waals surface area contributed by atoms with Crippen LogP contribution in [0, 0.1) is 5.41 Å². The zero-order valence-corrected chi connectivity index (χ0v) is 17.6. The Morgan fingerprint density at radius 1 is 1.29 bits per heavy atom. The van der Waals surface area contributed by atoms with Gasteiger partial charge in [-0.05, 0) is 31.4 Å². The van der Waals surface area contributed by atoms with E-state index in [2.05, 4.69) is 20.7 Å². The van der Waals surface area contributed by atoms with Crippen LogP contribution in [0.15, 0.2) is 29.9 Å². The topological polar surface area (TPSA) is 75.2 Å². The zero-order chi connectivity index (χ0) is 20.1. The first-order valence-electron chi connectivity index (χ1n) is 9.80. The fourth-order valence-electron chi connectivity index (χ4n) is 3.36. The Bertz CT molecular complexity index is 813. The first kappa shape index (κ1) is 20.5. The number of likely N-dealkylation sites (tertiary alicyclic amines) is 1. The molecule has 1 saturated heterocycles. The lowest BCUT2D eigenvalue weighted by Gasteiger charge is -2.30. The second kappa shape index (κ2) is 8.82. The molecule has 0 aromatic carbocycles. The van der Waals surface area contributed by atoms with Gasteiger partial charge in [0.05, 0.1) is 10.7 Å². The number of nitrogens with zero attached hydrogens (tertiary/aromatic N) is 3. The summed E-state index contributed by atoms with van der Waals surface area (Å²) in [4.78, 5) is 35.6. The van der Waals surface area contributed by atoms with Gasteiger partial charge < -0.3 is 10.2 Å². The van der Waals surface area contributed by atoms with Crippen molar-refractivity contribution in [3.05, 3.63) is 34.9 Å². The molecular weight excluding hydrogens is 372 g/mol. The summed E-state index contributed by atoms with van der Waals surface area (Å²) in [5.41, 5.74) is 1.57. The van der Waals surface area contributed by atoms with Crippen molar-refractivity contribution in [2.24, 2.45) is 5.41 Å². The van der Waals surface area contributed by atoms with E-state index in [0.717, 1.165) is 41.9 Å². The predicted octanol–water partition coefficient (Wildman–Crippen LogP) is 3.29. The summed E-state index contributed by atoms with van der Waals surface area (Å²) in [6.07, 6.45) is 6.81. The summed E-state index contributed by atoms with van der Waals surface area (Å²) < 4.78 is 0. The molecule has 6 nitrogen and oxygen atoms in total. The Kier molecular flexibility index (Phi) is 6.44. The van der Waals surface area contributed by atoms with Crippen LogP contribution in [0.2, 0.25) is 0 Å². The van der Waals surface area contributed by atoms with Gasteiger partial charge >= 0.3 is 0 Å². The molecule has 0 saturated carbocycles. The van der Waals surface area contributed by atoms with E-state index in [9.17, 15) is 9.59 Å². The lowest BCUT2D eigenvalue weighted by atomic mass is 9.94. The van der Waals surface area contributed by atoms with Gasteiger partial charge in [0.25, 0.3) is 0 Å². The highest BCUT2D eigenvalue weighted by molar-refractivity contribution is 7.09. The summed E-state index contributed by atoms with van der Waals surface area (Å²) in [6.45, 7) is 6.96. The molecule has 150 valence electrons. The average Bonchev–Trinajstić information content (AvgIpc) is 3.34. The molecule has 0 radical (unpaired) electrons. The van der Waals surface area contributed by atoms with Crippen LogP contribution < -0.4 is 5.32 Å². The first-order valence-corrected chi connectivity index (χ1v) is 10.7. The second-order valence-corrected chi connectivity index (χ2v) is 9.11. The van der Waals surface area contributed by atoms with Crippen molar-refractivity contribution in [2.75, 3.05) is 13.1 Å². The third kappa shape index (κ3) is 4.95. The number of aromatic nitrogens is 2. The Labute approximate surface area is 170 Å². The molecule has 7 heteroatoms. The molecule has 0 bridgehead atoms. The third-order valence-corrected chi connectivity index (χ3v) is 5.76. The summed E-state index contributed by atoms with van der Waals surface area (Å²) in [5.74, 6) is 0.0169. The van der Waals surface area contributed by atoms with Gasteiger partial charge in [-0.1, -0.05) is 20.8 Å². The van der Waals surface area contributed by atoms with Crippen LogP contribution in [0.1, 0.15) is 45.0 Å². The Hall–Kier alpha value is -2.28. The van der Waals surface area contributed by atoms with Gasteiger partial charge in [-0.3, -0.25) is 14.6 Å². The molecule has 2 amide bonds. The van der Waals surface area contributed by atoms with Gasteiger partial charge in [0.15, 0.2) is 0 Å². The Morgan fingerprint density at radius 2 is 2.04 bits per heavy atom. The molecule has 1 aliphatic rings. The largest absolute Gasteiger partial charge is 0.354 e. The molecule has 28 heavy (non-hydrogen) atoms. The van der Waals surface area contributed by atoms with Gasteiger partial charge in [-0.2, -0.15) is 0 Å². The van der Waals surface area contributed by atoms with E-state index in [1.165, 1.54) is 0 Å². The first-order chi connectivity index (χ1) is 13.4. The molecule has 1 N–H and O–H groups in total. The molecular formula is C21H28N4O2S. The number of rotatable bonds is 6. The molecule has 0 aliphatic carbocycles. The van der Waals surface area contributed by atoms with Crippen LogP contribution in [0.3, 0.4) is 0 Å². The zero-order valence-electron chi connectivity index (χ0n) is 16.8. The summed E-state index contributed by atoms with van der Waals surface area (Å²) in [7, 11) is 0. The van der Waals surface area contributed by atoms with Gasteiger partial charge in [0, 0.05) is 48.3 Å². The van der Waals surface area contributed by atoms with Crippen LogP contribution >= 0.6 is 11.3 Å². The maximum atomic E-state index is 12.6. The van der Waals surface area contributed by atoms with Crippen molar-refractivity contribution in [1.29, 1.82) is 0 Å². The normalized spacial score (nSPS) is 17.0. The van der Waals surface area contributed by atoms with Gasteiger partial charge in [-0.25, -0.2) is 4.98 Å². The Morgan fingerprint density at radius 3 is 2.75 bits per heavy atom. The van der Waals surface area contributed by atoms with E-state index in [4.69, 9.17) is 0 Å². The molecule has 2 aromatic rings. The molecule has 2 aromatic heterocycles. The fourth-order valence-corrected chi connectivity index (χ4v) is 4.21. The van der Waals surface area contributed by atoms with Crippen molar-refractivity contribution in [1.82, 2.24) is 20.2 Å². The summed E-state index contributed by atoms with van der Waals surface area (Å²) >= 11 is 1.64. The van der Waals surface area contributed by atoms with Crippen LogP contribution in [0.5, 0.6) is 0 Å². The molecule has 1 unspecified atom stereocenters. The number of carbonyl (C=O) groups is 2. The van der Waals surface area contributed by atoms with Gasteiger partial charge in [-0.15, -0.1) is 11.3 Å². The lowest BCUT2D eigenvalue weighted by molar-refractivity contribution is -0.144. The predicted molar refractivity (Wildman–Crippen MR) is 111 cm³/mol. The SMILES string of the molecule is CC(C)(C)C(=O)N1CCCC1C(=O)NCCCc1nc(-c2ccncc2)cs1. The van der Waals surface area contributed by atoms with E-state index in [1.54, 1.807) is 28.6 Å². The Balaban J connectivity index is 1.46. The highest BCUT2D eigenvalue weighted by Crippen LogP contribution is 2.25. The molecule has 3 rings (SSSR count). The van der Waals surface area contributed by atoms with Crippen LogP contribution in [0.25, 0.3) is 11.3 Å². The second-order valence-electron chi connectivity index (χ2n) is 8.16. The highest BCUT2D eigenvalue weighted by atomic mass is 32.1. The lowest BCUT2D eigenvalue weighted by Crippen LogP contribution is -2.49. The molecule has 0 spiro atoms. The van der Waals surface area contributed by atoms with Crippen LogP contribution in [-0.2, 0) is 16.0 Å². The maximum absolute atomic E-state index is 12.6. The number of amides is 2. The third-order valence-electron chi connectivity index (χ3n) is 4.85. The van der Waals surface area contributed by atoms with Crippen molar-refractivity contribution in [3.8, 4) is 11.3 Å². The van der Waals surface area contributed by atoms with E-state index in [0.29, 0.717) is 13.1 Å². The van der Waals surface area contributed by atoms with Gasteiger partial charge in [0.2, 0.25) is 11.8 Å². The van der Waals surface area contributed by atoms with Crippen molar-refractivity contribution in [2.45, 2.75) is 52.5 Å². The smallest absolute Gasteiger partial charge is 0.242 e. The van der Waals surface area contributed by atoms with Crippen molar-refractivity contribution in [3.63, 3.8) is 0 Å². The number of carbonyl (C=O) groups excluding carboxylic acids is 2. The maximum Gasteiger partial charge on any atom is 0.242 e.